The number of oxazole rings is 1. The molecular formula is C20H25N5O2. The van der Waals surface area contributed by atoms with E-state index in [0.717, 1.165) is 49.3 Å². The number of benzene rings is 1. The lowest BCUT2D eigenvalue weighted by molar-refractivity contribution is -0.120. The van der Waals surface area contributed by atoms with Gasteiger partial charge in [-0.05, 0) is 38.3 Å². The zero-order valence-corrected chi connectivity index (χ0v) is 15.8. The molecule has 0 saturated carbocycles. The Morgan fingerprint density at radius 2 is 2.07 bits per heavy atom. The van der Waals surface area contributed by atoms with Crippen molar-refractivity contribution in [1.82, 2.24) is 14.8 Å². The van der Waals surface area contributed by atoms with Gasteiger partial charge in [0.1, 0.15) is 11.3 Å². The predicted molar refractivity (Wildman–Crippen MR) is 105 cm³/mol. The molecule has 2 aromatic heterocycles. The van der Waals surface area contributed by atoms with E-state index in [1.807, 2.05) is 35.0 Å². The van der Waals surface area contributed by atoms with Gasteiger partial charge >= 0.3 is 0 Å². The van der Waals surface area contributed by atoms with Gasteiger partial charge in [-0.25, -0.2) is 4.68 Å². The zero-order chi connectivity index (χ0) is 18.8. The number of hydrogen-bond acceptors (Lipinski definition) is 5. The number of nitrogens with one attached hydrogen (secondary N) is 1. The number of hydrogen-bond donors (Lipinski definition) is 1. The molecule has 3 heterocycles. The lowest BCUT2D eigenvalue weighted by Crippen LogP contribution is -2.38. The van der Waals surface area contributed by atoms with Crippen molar-refractivity contribution in [3.05, 3.63) is 36.5 Å². The van der Waals surface area contributed by atoms with E-state index in [0.29, 0.717) is 6.01 Å². The van der Waals surface area contributed by atoms with Crippen LogP contribution in [0.1, 0.15) is 39.2 Å². The first kappa shape index (κ1) is 17.6. The first-order chi connectivity index (χ1) is 13.2. The topological polar surface area (TPSA) is 76.2 Å². The minimum Gasteiger partial charge on any atom is -0.423 e. The van der Waals surface area contributed by atoms with Gasteiger partial charge in [-0.3, -0.25) is 4.79 Å². The van der Waals surface area contributed by atoms with E-state index < -0.39 is 0 Å². The molecule has 0 radical (unpaired) electrons. The van der Waals surface area contributed by atoms with E-state index in [9.17, 15) is 4.79 Å². The predicted octanol–water partition coefficient (Wildman–Crippen LogP) is 3.85. The number of amides is 1. The standard InChI is InChI=1S/C20H25N5O2/c1-3-14(2)25-18(8-11-21-25)23-19(26)15-9-12-24(13-10-15)20-22-16-6-4-5-7-17(16)27-20/h4-8,11,14-15H,3,9-10,12-13H2,1-2H3,(H,23,26). The monoisotopic (exact) mass is 367 g/mol. The number of carbonyl (C=O) groups is 1. The van der Waals surface area contributed by atoms with Gasteiger partial charge in [-0.2, -0.15) is 10.1 Å². The fourth-order valence-corrected chi connectivity index (χ4v) is 3.49. The number of carbonyl (C=O) groups excluding carboxylic acids is 1. The van der Waals surface area contributed by atoms with Crippen LogP contribution in [-0.4, -0.2) is 33.8 Å². The molecule has 1 amide bonds. The highest BCUT2D eigenvalue weighted by atomic mass is 16.4. The van der Waals surface area contributed by atoms with E-state index in [2.05, 4.69) is 34.1 Å². The molecule has 4 rings (SSSR count). The van der Waals surface area contributed by atoms with Crippen molar-refractivity contribution < 1.29 is 9.21 Å². The minimum atomic E-state index is -0.00842. The molecular weight excluding hydrogens is 342 g/mol. The first-order valence-electron chi connectivity index (χ1n) is 9.60. The fourth-order valence-electron chi connectivity index (χ4n) is 3.49. The number of rotatable bonds is 5. The number of piperidine rings is 1. The first-order valence-corrected chi connectivity index (χ1v) is 9.60. The van der Waals surface area contributed by atoms with Crippen molar-refractivity contribution in [3.63, 3.8) is 0 Å². The molecule has 1 unspecified atom stereocenters. The highest BCUT2D eigenvalue weighted by Crippen LogP contribution is 2.27. The Kier molecular flexibility index (Phi) is 4.83. The summed E-state index contributed by atoms with van der Waals surface area (Å²) in [5.74, 6) is 0.832. The van der Waals surface area contributed by atoms with Crippen LogP contribution < -0.4 is 10.2 Å². The summed E-state index contributed by atoms with van der Waals surface area (Å²) in [6.07, 6.45) is 4.26. The molecule has 27 heavy (non-hydrogen) atoms. The lowest BCUT2D eigenvalue weighted by atomic mass is 9.96. The summed E-state index contributed by atoms with van der Waals surface area (Å²) in [5.41, 5.74) is 1.66. The average Bonchev–Trinajstić information content (AvgIpc) is 3.34. The fraction of sp³-hybridized carbons (Fsp3) is 0.450. The van der Waals surface area contributed by atoms with E-state index in [4.69, 9.17) is 4.42 Å². The molecule has 1 aliphatic rings. The minimum absolute atomic E-state index is 0.00842. The molecule has 1 N–H and O–H groups in total. The molecule has 7 nitrogen and oxygen atoms in total. The van der Waals surface area contributed by atoms with Crippen LogP contribution in [0.2, 0.25) is 0 Å². The summed E-state index contributed by atoms with van der Waals surface area (Å²) in [4.78, 5) is 19.4. The van der Waals surface area contributed by atoms with E-state index in [1.54, 1.807) is 6.20 Å². The Morgan fingerprint density at radius 1 is 1.30 bits per heavy atom. The molecule has 0 bridgehead atoms. The van der Waals surface area contributed by atoms with Gasteiger partial charge in [0.05, 0.1) is 12.2 Å². The third kappa shape index (κ3) is 3.54. The maximum absolute atomic E-state index is 12.7. The largest absolute Gasteiger partial charge is 0.423 e. The van der Waals surface area contributed by atoms with Crippen LogP contribution in [0, 0.1) is 5.92 Å². The van der Waals surface area contributed by atoms with Gasteiger partial charge in [0.2, 0.25) is 5.91 Å². The van der Waals surface area contributed by atoms with Crippen molar-refractivity contribution in [2.45, 2.75) is 39.2 Å². The van der Waals surface area contributed by atoms with Crippen LogP contribution in [0.25, 0.3) is 11.1 Å². The van der Waals surface area contributed by atoms with Crippen LogP contribution in [-0.2, 0) is 4.79 Å². The summed E-state index contributed by atoms with van der Waals surface area (Å²) in [7, 11) is 0. The molecule has 1 atom stereocenters. The zero-order valence-electron chi connectivity index (χ0n) is 15.8. The number of nitrogens with zero attached hydrogens (tertiary/aromatic N) is 4. The van der Waals surface area contributed by atoms with Crippen LogP contribution >= 0.6 is 0 Å². The quantitative estimate of drug-likeness (QED) is 0.741. The molecule has 1 aromatic carbocycles. The third-order valence-corrected chi connectivity index (χ3v) is 5.35. The maximum Gasteiger partial charge on any atom is 0.298 e. The second-order valence-electron chi connectivity index (χ2n) is 7.13. The van der Waals surface area contributed by atoms with Crippen molar-refractivity contribution >= 4 is 28.8 Å². The van der Waals surface area contributed by atoms with E-state index in [-0.39, 0.29) is 17.9 Å². The number of anilines is 2. The second-order valence-corrected chi connectivity index (χ2v) is 7.13. The molecule has 7 heteroatoms. The van der Waals surface area contributed by atoms with Crippen molar-refractivity contribution in [3.8, 4) is 0 Å². The number of para-hydroxylation sites is 2. The summed E-state index contributed by atoms with van der Waals surface area (Å²) in [5, 5.41) is 7.39. The summed E-state index contributed by atoms with van der Waals surface area (Å²) >= 11 is 0. The van der Waals surface area contributed by atoms with Gasteiger partial charge in [0, 0.05) is 25.1 Å². The van der Waals surface area contributed by atoms with Gasteiger partial charge < -0.3 is 14.6 Å². The molecule has 1 fully saturated rings. The van der Waals surface area contributed by atoms with Crippen LogP contribution in [0.5, 0.6) is 0 Å². The average molecular weight is 367 g/mol. The highest BCUT2D eigenvalue weighted by molar-refractivity contribution is 5.92. The van der Waals surface area contributed by atoms with E-state index in [1.165, 1.54) is 0 Å². The van der Waals surface area contributed by atoms with Crippen LogP contribution in [0.15, 0.2) is 40.9 Å². The number of aromatic nitrogens is 3. The van der Waals surface area contributed by atoms with E-state index >= 15 is 0 Å². The Balaban J connectivity index is 1.37. The Morgan fingerprint density at radius 3 is 2.81 bits per heavy atom. The SMILES string of the molecule is CCC(C)n1nccc1NC(=O)C1CCN(c2nc3ccccc3o2)CC1. The van der Waals surface area contributed by atoms with Crippen molar-refractivity contribution in [2.24, 2.45) is 5.92 Å². The number of fused-ring (bicyclic) bond motifs is 1. The van der Waals surface area contributed by atoms with Crippen LogP contribution in [0.3, 0.4) is 0 Å². The lowest BCUT2D eigenvalue weighted by Gasteiger charge is -2.30. The second kappa shape index (κ2) is 7.42. The normalized spacial score (nSPS) is 16.6. The summed E-state index contributed by atoms with van der Waals surface area (Å²) < 4.78 is 7.73. The van der Waals surface area contributed by atoms with Gasteiger partial charge in [0.25, 0.3) is 6.01 Å². The van der Waals surface area contributed by atoms with Gasteiger partial charge in [-0.1, -0.05) is 19.1 Å². The molecule has 0 spiro atoms. The van der Waals surface area contributed by atoms with Gasteiger partial charge in [0.15, 0.2) is 5.58 Å². The molecule has 1 aliphatic heterocycles. The third-order valence-electron chi connectivity index (χ3n) is 5.35. The molecule has 3 aromatic rings. The Labute approximate surface area is 158 Å². The summed E-state index contributed by atoms with van der Waals surface area (Å²) in [6, 6.07) is 10.5. The van der Waals surface area contributed by atoms with Crippen LogP contribution in [0.4, 0.5) is 11.8 Å². The highest BCUT2D eigenvalue weighted by Gasteiger charge is 2.28. The van der Waals surface area contributed by atoms with Crippen molar-refractivity contribution in [2.75, 3.05) is 23.3 Å². The van der Waals surface area contributed by atoms with Gasteiger partial charge in [-0.15, -0.1) is 0 Å². The summed E-state index contributed by atoms with van der Waals surface area (Å²) in [6.45, 7) is 5.73. The Bertz CT molecular complexity index is 890. The van der Waals surface area contributed by atoms with Crippen molar-refractivity contribution in [1.29, 1.82) is 0 Å². The molecule has 1 saturated heterocycles. The molecule has 142 valence electrons. The maximum atomic E-state index is 12.7. The smallest absolute Gasteiger partial charge is 0.298 e. The molecule has 0 aliphatic carbocycles. The Hall–Kier alpha value is -2.83.